The van der Waals surface area contributed by atoms with Gasteiger partial charge in [-0.25, -0.2) is 0 Å². The number of hydrogen-bond acceptors (Lipinski definition) is 5. The number of ether oxygens (including phenoxy) is 1. The van der Waals surface area contributed by atoms with E-state index in [2.05, 4.69) is 33.6 Å². The third-order valence-corrected chi connectivity index (χ3v) is 7.29. The van der Waals surface area contributed by atoms with Crippen molar-refractivity contribution < 1.29 is 9.53 Å². The number of rotatable bonds is 7. The third kappa shape index (κ3) is 4.85. The Balaban J connectivity index is 1.22. The van der Waals surface area contributed by atoms with Crippen molar-refractivity contribution in [1.29, 1.82) is 0 Å². The summed E-state index contributed by atoms with van der Waals surface area (Å²) in [7, 11) is 1.87. The number of pyridine rings is 1. The predicted octanol–water partition coefficient (Wildman–Crippen LogP) is 4.59. The summed E-state index contributed by atoms with van der Waals surface area (Å²) in [5.74, 6) is 0.455. The average molecular weight is 460 g/mol. The molecule has 7 heteroatoms. The zero-order chi connectivity index (χ0) is 23.5. The molecule has 0 aliphatic heterocycles. The summed E-state index contributed by atoms with van der Waals surface area (Å²) in [4.78, 5) is 17.3. The van der Waals surface area contributed by atoms with Crippen LogP contribution in [0.2, 0.25) is 0 Å². The van der Waals surface area contributed by atoms with Crippen LogP contribution in [0.5, 0.6) is 0 Å². The molecule has 0 spiro atoms. The molecular weight excluding hydrogens is 426 g/mol. The van der Waals surface area contributed by atoms with E-state index < -0.39 is 0 Å². The van der Waals surface area contributed by atoms with E-state index in [1.165, 1.54) is 31.2 Å². The number of carbonyl (C=O) groups is 1. The highest BCUT2D eigenvalue weighted by Crippen LogP contribution is 2.38. The third-order valence-electron chi connectivity index (χ3n) is 7.29. The Morgan fingerprint density at radius 1 is 1.12 bits per heavy atom. The maximum atomic E-state index is 13.0. The highest BCUT2D eigenvalue weighted by Gasteiger charge is 2.30. The summed E-state index contributed by atoms with van der Waals surface area (Å²) in [5.41, 5.74) is 12.1. The SMILES string of the molecule is Cn1cc(-c2cncc(C(=O)N[C@H]3CCC[C@@H]3OCc3cccc(C4CCCC4)c3N)c2)cn1. The average Bonchev–Trinajstić information content (AvgIpc) is 3.61. The van der Waals surface area contributed by atoms with Crippen LogP contribution in [0, 0.1) is 0 Å². The second kappa shape index (κ2) is 9.97. The van der Waals surface area contributed by atoms with Crippen molar-refractivity contribution in [2.45, 2.75) is 69.6 Å². The predicted molar refractivity (Wildman–Crippen MR) is 132 cm³/mol. The van der Waals surface area contributed by atoms with Crippen LogP contribution in [-0.2, 0) is 18.4 Å². The van der Waals surface area contributed by atoms with Crippen LogP contribution in [0.15, 0.2) is 49.1 Å². The van der Waals surface area contributed by atoms with Gasteiger partial charge in [-0.15, -0.1) is 0 Å². The summed E-state index contributed by atoms with van der Waals surface area (Å²) in [6.07, 6.45) is 14.9. The van der Waals surface area contributed by atoms with E-state index in [0.29, 0.717) is 18.1 Å². The van der Waals surface area contributed by atoms with Gasteiger partial charge in [0.25, 0.3) is 5.91 Å². The van der Waals surface area contributed by atoms with E-state index in [-0.39, 0.29) is 18.1 Å². The first-order valence-corrected chi connectivity index (χ1v) is 12.3. The molecule has 2 fully saturated rings. The van der Waals surface area contributed by atoms with Gasteiger partial charge in [0.15, 0.2) is 0 Å². The van der Waals surface area contributed by atoms with Gasteiger partial charge in [-0.2, -0.15) is 5.10 Å². The van der Waals surface area contributed by atoms with E-state index in [9.17, 15) is 4.79 Å². The highest BCUT2D eigenvalue weighted by molar-refractivity contribution is 5.95. The normalized spacial score (nSPS) is 20.6. The lowest BCUT2D eigenvalue weighted by atomic mass is 9.94. The maximum absolute atomic E-state index is 13.0. The standard InChI is InChI=1S/C27H33N5O2/c1-32-16-22(15-30-32)20-12-21(14-29-13-20)27(33)31-24-10-5-11-25(24)34-17-19-8-4-9-23(26(19)28)18-6-2-3-7-18/h4,8-9,12-16,18,24-25H,2-3,5-7,10-11,17,28H2,1H3,(H,31,33)/t24-,25-/m0/s1. The summed E-state index contributed by atoms with van der Waals surface area (Å²) in [5, 5.41) is 7.38. The van der Waals surface area contributed by atoms with Crippen LogP contribution in [0.25, 0.3) is 11.1 Å². The van der Waals surface area contributed by atoms with E-state index in [0.717, 1.165) is 41.6 Å². The molecule has 2 heterocycles. The van der Waals surface area contributed by atoms with E-state index >= 15 is 0 Å². The van der Waals surface area contributed by atoms with Crippen LogP contribution in [0.4, 0.5) is 5.69 Å². The molecule has 3 aromatic rings. The lowest BCUT2D eigenvalue weighted by Crippen LogP contribution is -2.41. The molecule has 0 bridgehead atoms. The smallest absolute Gasteiger partial charge is 0.253 e. The first-order chi connectivity index (χ1) is 16.6. The minimum Gasteiger partial charge on any atom is -0.398 e. The van der Waals surface area contributed by atoms with Crippen LogP contribution >= 0.6 is 0 Å². The number of amides is 1. The summed E-state index contributed by atoms with van der Waals surface area (Å²) in [6, 6.07) is 8.17. The van der Waals surface area contributed by atoms with E-state index in [4.69, 9.17) is 10.5 Å². The quantitative estimate of drug-likeness (QED) is 0.504. The zero-order valence-electron chi connectivity index (χ0n) is 19.7. The van der Waals surface area contributed by atoms with Crippen LogP contribution in [-0.4, -0.2) is 32.8 Å². The molecule has 2 atom stereocenters. The molecule has 178 valence electrons. The molecular formula is C27H33N5O2. The van der Waals surface area contributed by atoms with Gasteiger partial charge in [0.05, 0.1) is 30.5 Å². The van der Waals surface area contributed by atoms with Crippen molar-refractivity contribution in [3.63, 3.8) is 0 Å². The first-order valence-electron chi connectivity index (χ1n) is 12.3. The molecule has 0 unspecified atom stereocenters. The zero-order valence-corrected chi connectivity index (χ0v) is 19.7. The number of nitrogens with two attached hydrogens (primary N) is 1. The van der Waals surface area contributed by atoms with Crippen LogP contribution in [0.3, 0.4) is 0 Å². The minimum atomic E-state index is -0.124. The highest BCUT2D eigenvalue weighted by atomic mass is 16.5. The molecule has 5 rings (SSSR count). The lowest BCUT2D eigenvalue weighted by molar-refractivity contribution is 0.0274. The Kier molecular flexibility index (Phi) is 6.63. The molecule has 2 saturated carbocycles. The minimum absolute atomic E-state index is 0.0196. The van der Waals surface area contributed by atoms with Gasteiger partial charge in [0.2, 0.25) is 0 Å². The first kappa shape index (κ1) is 22.6. The van der Waals surface area contributed by atoms with E-state index in [1.807, 2.05) is 19.3 Å². The Morgan fingerprint density at radius 2 is 1.97 bits per heavy atom. The summed E-state index contributed by atoms with van der Waals surface area (Å²) < 4.78 is 8.05. The molecule has 7 nitrogen and oxygen atoms in total. The topological polar surface area (TPSA) is 95.1 Å². The maximum Gasteiger partial charge on any atom is 0.253 e. The van der Waals surface area contributed by atoms with Crippen LogP contribution in [0.1, 0.15) is 72.3 Å². The lowest BCUT2D eigenvalue weighted by Gasteiger charge is -2.23. The van der Waals surface area contributed by atoms with Crippen LogP contribution < -0.4 is 11.1 Å². The van der Waals surface area contributed by atoms with Crippen molar-refractivity contribution in [3.05, 3.63) is 65.7 Å². The Hall–Kier alpha value is -3.19. The van der Waals surface area contributed by atoms with Gasteiger partial charge >= 0.3 is 0 Å². The molecule has 3 N–H and O–H groups in total. The number of anilines is 1. The summed E-state index contributed by atoms with van der Waals surface area (Å²) in [6.45, 7) is 0.474. The number of nitrogens with one attached hydrogen (secondary N) is 1. The Morgan fingerprint density at radius 3 is 2.76 bits per heavy atom. The fraction of sp³-hybridized carbons (Fsp3) is 0.444. The number of nitrogen functional groups attached to an aromatic ring is 1. The van der Waals surface area contributed by atoms with Gasteiger partial charge in [-0.05, 0) is 49.7 Å². The summed E-state index contributed by atoms with van der Waals surface area (Å²) >= 11 is 0. The number of aromatic nitrogens is 3. The fourth-order valence-electron chi connectivity index (χ4n) is 5.38. The number of aryl methyl sites for hydroxylation is 1. The number of nitrogens with zero attached hydrogens (tertiary/aromatic N) is 3. The molecule has 2 aliphatic carbocycles. The Bertz CT molecular complexity index is 1150. The molecule has 0 radical (unpaired) electrons. The van der Waals surface area contributed by atoms with Gasteiger partial charge < -0.3 is 15.8 Å². The monoisotopic (exact) mass is 459 g/mol. The number of benzene rings is 1. The van der Waals surface area contributed by atoms with E-state index in [1.54, 1.807) is 23.3 Å². The van der Waals surface area contributed by atoms with Crippen molar-refractivity contribution in [2.75, 3.05) is 5.73 Å². The molecule has 34 heavy (non-hydrogen) atoms. The number of hydrogen-bond donors (Lipinski definition) is 2. The molecule has 1 amide bonds. The van der Waals surface area contributed by atoms with Crippen molar-refractivity contribution >= 4 is 11.6 Å². The van der Waals surface area contributed by atoms with Crippen molar-refractivity contribution in [1.82, 2.24) is 20.1 Å². The molecule has 0 saturated heterocycles. The number of carbonyl (C=O) groups excluding carboxylic acids is 1. The molecule has 2 aliphatic rings. The second-order valence-corrected chi connectivity index (χ2v) is 9.63. The van der Waals surface area contributed by atoms with Gasteiger partial charge in [-0.3, -0.25) is 14.5 Å². The van der Waals surface area contributed by atoms with Gasteiger partial charge in [0, 0.05) is 48.0 Å². The molecule has 1 aromatic carbocycles. The Labute approximate surface area is 200 Å². The fourth-order valence-corrected chi connectivity index (χ4v) is 5.38. The number of para-hydroxylation sites is 1. The second-order valence-electron chi connectivity index (χ2n) is 9.63. The largest absolute Gasteiger partial charge is 0.398 e. The molecule has 2 aromatic heterocycles. The van der Waals surface area contributed by atoms with Crippen molar-refractivity contribution in [3.8, 4) is 11.1 Å². The van der Waals surface area contributed by atoms with Crippen molar-refractivity contribution in [2.24, 2.45) is 7.05 Å². The van der Waals surface area contributed by atoms with Gasteiger partial charge in [0.1, 0.15) is 0 Å². The van der Waals surface area contributed by atoms with Gasteiger partial charge in [-0.1, -0.05) is 31.0 Å².